The first kappa shape index (κ1) is 19.9. The van der Waals surface area contributed by atoms with Gasteiger partial charge in [-0.15, -0.1) is 0 Å². The maximum absolute atomic E-state index is 13.4. The molecule has 5 nitrogen and oxygen atoms in total. The highest BCUT2D eigenvalue weighted by atomic mass is 19.2. The van der Waals surface area contributed by atoms with Crippen molar-refractivity contribution in [3.63, 3.8) is 0 Å². The third-order valence-electron chi connectivity index (χ3n) is 3.90. The molecule has 1 heterocycles. The number of hydrogen-bond donors (Lipinski definition) is 0. The standard InChI is InChI=1S/C18H20F3NO4/c1-9-5-11(15(23)10-6-12(19)14(21)13(20)7-10)16(24)22(8-9)17(25)26-18(2,3)4/h6-7,9,11H,5,8H2,1-4H3/t9-,11?/m0/s1. The van der Waals surface area contributed by atoms with E-state index in [0.717, 1.165) is 4.90 Å². The Kier molecular flexibility index (Phi) is 5.44. The Labute approximate surface area is 149 Å². The van der Waals surface area contributed by atoms with Crippen molar-refractivity contribution in [3.8, 4) is 0 Å². The molecule has 0 aliphatic carbocycles. The number of piperidine rings is 1. The zero-order valence-electron chi connectivity index (χ0n) is 14.9. The van der Waals surface area contributed by atoms with Gasteiger partial charge in [0.1, 0.15) is 11.5 Å². The Morgan fingerprint density at radius 2 is 1.69 bits per heavy atom. The van der Waals surface area contributed by atoms with Crippen LogP contribution in [0.5, 0.6) is 0 Å². The number of carbonyl (C=O) groups is 3. The molecule has 1 aromatic rings. The molecule has 0 N–H and O–H groups in total. The van der Waals surface area contributed by atoms with Crippen LogP contribution in [0.3, 0.4) is 0 Å². The van der Waals surface area contributed by atoms with Crippen LogP contribution < -0.4 is 0 Å². The molecule has 2 amide bonds. The van der Waals surface area contributed by atoms with E-state index in [-0.39, 0.29) is 18.9 Å². The predicted octanol–water partition coefficient (Wildman–Crippen LogP) is 3.71. The van der Waals surface area contributed by atoms with E-state index >= 15 is 0 Å². The molecule has 1 aliphatic rings. The number of imide groups is 1. The minimum atomic E-state index is -1.69. The number of carbonyl (C=O) groups excluding carboxylic acids is 3. The van der Waals surface area contributed by atoms with Crippen LogP contribution in [0, 0.1) is 29.3 Å². The summed E-state index contributed by atoms with van der Waals surface area (Å²) < 4.78 is 45.0. The quantitative estimate of drug-likeness (QED) is 0.452. The van der Waals surface area contributed by atoms with E-state index in [0.29, 0.717) is 12.1 Å². The van der Waals surface area contributed by atoms with E-state index in [1.165, 1.54) is 0 Å². The van der Waals surface area contributed by atoms with Gasteiger partial charge in [0.05, 0.1) is 0 Å². The summed E-state index contributed by atoms with van der Waals surface area (Å²) >= 11 is 0. The average molecular weight is 371 g/mol. The lowest BCUT2D eigenvalue weighted by Crippen LogP contribution is -2.51. The monoisotopic (exact) mass is 371 g/mol. The Balaban J connectivity index is 2.29. The van der Waals surface area contributed by atoms with Gasteiger partial charge < -0.3 is 4.74 Å². The lowest BCUT2D eigenvalue weighted by molar-refractivity contribution is -0.136. The summed E-state index contributed by atoms with van der Waals surface area (Å²) in [6.45, 7) is 6.71. The number of ether oxygens (including phenoxy) is 1. The van der Waals surface area contributed by atoms with E-state index in [4.69, 9.17) is 4.74 Å². The third kappa shape index (κ3) is 4.23. The molecule has 1 saturated heterocycles. The van der Waals surface area contributed by atoms with E-state index < -0.39 is 52.3 Å². The fourth-order valence-corrected chi connectivity index (χ4v) is 2.77. The van der Waals surface area contributed by atoms with E-state index in [1.807, 2.05) is 0 Å². The van der Waals surface area contributed by atoms with Crippen LogP contribution in [0.4, 0.5) is 18.0 Å². The van der Waals surface area contributed by atoms with Crippen molar-refractivity contribution < 1.29 is 32.3 Å². The normalized spacial score (nSPS) is 20.9. The molecule has 0 aromatic heterocycles. The second-order valence-corrected chi connectivity index (χ2v) is 7.44. The maximum atomic E-state index is 13.4. The minimum absolute atomic E-state index is 0.0731. The summed E-state index contributed by atoms with van der Waals surface area (Å²) in [5.74, 6) is -7.91. The number of halogens is 3. The fourth-order valence-electron chi connectivity index (χ4n) is 2.77. The van der Waals surface area contributed by atoms with Gasteiger partial charge in [-0.1, -0.05) is 6.92 Å². The second-order valence-electron chi connectivity index (χ2n) is 7.44. The highest BCUT2D eigenvalue weighted by Gasteiger charge is 2.42. The molecule has 0 spiro atoms. The maximum Gasteiger partial charge on any atom is 0.417 e. The lowest BCUT2D eigenvalue weighted by Gasteiger charge is -2.35. The molecule has 26 heavy (non-hydrogen) atoms. The van der Waals surface area contributed by atoms with Gasteiger partial charge in [-0.05, 0) is 45.2 Å². The molecule has 0 radical (unpaired) electrons. The Morgan fingerprint density at radius 1 is 1.15 bits per heavy atom. The van der Waals surface area contributed by atoms with Gasteiger partial charge in [-0.3, -0.25) is 9.59 Å². The van der Waals surface area contributed by atoms with Gasteiger partial charge in [0.25, 0.3) is 0 Å². The fraction of sp³-hybridized carbons (Fsp3) is 0.500. The van der Waals surface area contributed by atoms with E-state index in [2.05, 4.69) is 0 Å². The van der Waals surface area contributed by atoms with Gasteiger partial charge in [0.15, 0.2) is 23.2 Å². The summed E-state index contributed by atoms with van der Waals surface area (Å²) in [6.07, 6.45) is -0.777. The number of nitrogens with zero attached hydrogens (tertiary/aromatic N) is 1. The summed E-state index contributed by atoms with van der Waals surface area (Å²) in [7, 11) is 0. The molecule has 0 saturated carbocycles. The van der Waals surface area contributed by atoms with E-state index in [9.17, 15) is 27.6 Å². The average Bonchev–Trinajstić information content (AvgIpc) is 2.51. The zero-order valence-corrected chi connectivity index (χ0v) is 14.9. The molecule has 2 atom stereocenters. The lowest BCUT2D eigenvalue weighted by atomic mass is 9.84. The first-order valence-electron chi connectivity index (χ1n) is 8.14. The van der Waals surface area contributed by atoms with Gasteiger partial charge in [0.2, 0.25) is 5.91 Å². The molecular weight excluding hydrogens is 351 g/mol. The van der Waals surface area contributed by atoms with Crippen LogP contribution in [0.1, 0.15) is 44.5 Å². The number of benzene rings is 1. The Morgan fingerprint density at radius 3 is 2.19 bits per heavy atom. The summed E-state index contributed by atoms with van der Waals surface area (Å²) in [4.78, 5) is 38.2. The molecule has 1 aromatic carbocycles. The smallest absolute Gasteiger partial charge is 0.417 e. The summed E-state index contributed by atoms with van der Waals surface area (Å²) in [6, 6.07) is 1.09. The number of hydrogen-bond acceptors (Lipinski definition) is 4. The van der Waals surface area contributed by atoms with Crippen molar-refractivity contribution >= 4 is 17.8 Å². The number of amides is 2. The molecule has 0 bridgehead atoms. The molecule has 1 fully saturated rings. The van der Waals surface area contributed by atoms with Crippen LogP contribution in [-0.2, 0) is 9.53 Å². The summed E-state index contributed by atoms with van der Waals surface area (Å²) in [5, 5.41) is 0. The first-order chi connectivity index (χ1) is 11.9. The summed E-state index contributed by atoms with van der Waals surface area (Å²) in [5.41, 5.74) is -1.29. The molecule has 1 unspecified atom stereocenters. The van der Waals surface area contributed by atoms with Crippen LogP contribution in [0.25, 0.3) is 0 Å². The number of rotatable bonds is 2. The Bertz CT molecular complexity index is 734. The first-order valence-corrected chi connectivity index (χ1v) is 8.14. The van der Waals surface area contributed by atoms with Gasteiger partial charge in [-0.25, -0.2) is 22.9 Å². The largest absolute Gasteiger partial charge is 0.443 e. The topological polar surface area (TPSA) is 63.7 Å². The molecule has 8 heteroatoms. The van der Waals surface area contributed by atoms with Crippen molar-refractivity contribution in [1.29, 1.82) is 0 Å². The van der Waals surface area contributed by atoms with Crippen molar-refractivity contribution in [3.05, 3.63) is 35.1 Å². The SMILES string of the molecule is C[C@H]1CC(C(=O)c2cc(F)c(F)c(F)c2)C(=O)N(C(=O)OC(C)(C)C)C1. The molecule has 142 valence electrons. The second kappa shape index (κ2) is 7.09. The predicted molar refractivity (Wildman–Crippen MR) is 85.9 cm³/mol. The molecule has 1 aliphatic heterocycles. The van der Waals surface area contributed by atoms with Crippen molar-refractivity contribution in [2.45, 2.75) is 39.7 Å². The van der Waals surface area contributed by atoms with Crippen LogP contribution in [0.2, 0.25) is 0 Å². The van der Waals surface area contributed by atoms with Crippen molar-refractivity contribution in [2.24, 2.45) is 11.8 Å². The molecule has 2 rings (SSSR count). The van der Waals surface area contributed by atoms with Gasteiger partial charge >= 0.3 is 6.09 Å². The van der Waals surface area contributed by atoms with Gasteiger partial charge in [-0.2, -0.15) is 0 Å². The minimum Gasteiger partial charge on any atom is -0.443 e. The third-order valence-corrected chi connectivity index (χ3v) is 3.90. The number of ketones is 1. The van der Waals surface area contributed by atoms with Crippen LogP contribution in [0.15, 0.2) is 12.1 Å². The highest BCUT2D eigenvalue weighted by molar-refractivity contribution is 6.13. The zero-order chi connectivity index (χ0) is 19.8. The van der Waals surface area contributed by atoms with E-state index in [1.54, 1.807) is 27.7 Å². The Hall–Kier alpha value is -2.38. The van der Waals surface area contributed by atoms with Crippen molar-refractivity contribution in [1.82, 2.24) is 4.90 Å². The highest BCUT2D eigenvalue weighted by Crippen LogP contribution is 2.28. The van der Waals surface area contributed by atoms with Crippen LogP contribution >= 0.6 is 0 Å². The van der Waals surface area contributed by atoms with Crippen molar-refractivity contribution in [2.75, 3.05) is 6.54 Å². The van der Waals surface area contributed by atoms with Gasteiger partial charge in [0, 0.05) is 12.1 Å². The number of Topliss-reactive ketones (excluding diaryl/α,β-unsaturated/α-hetero) is 1. The number of likely N-dealkylation sites (tertiary alicyclic amines) is 1. The molecular formula is C18H20F3NO4. The van der Waals surface area contributed by atoms with Crippen LogP contribution in [-0.4, -0.2) is 34.8 Å².